The molecule has 0 aliphatic heterocycles. The Hall–Kier alpha value is -1.43. The number of ether oxygens (including phenoxy) is 2. The summed E-state index contributed by atoms with van der Waals surface area (Å²) in [4.78, 5) is 0. The van der Waals surface area contributed by atoms with E-state index in [1.54, 1.807) is 0 Å². The second-order valence-electron chi connectivity index (χ2n) is 3.38. The summed E-state index contributed by atoms with van der Waals surface area (Å²) in [6.45, 7) is 0.627. The minimum absolute atomic E-state index is 0.170. The van der Waals surface area contributed by atoms with Crippen LogP contribution in [-0.2, 0) is 10.9 Å². The average Bonchev–Trinajstić information content (AvgIpc) is 2.25. The molecule has 1 N–H and O–H groups in total. The predicted molar refractivity (Wildman–Crippen MR) is 55.1 cm³/mol. The van der Waals surface area contributed by atoms with Gasteiger partial charge in [-0.05, 0) is 18.2 Å². The number of hydrogen-bond donors (Lipinski definition) is 1. The van der Waals surface area contributed by atoms with E-state index in [9.17, 15) is 18.3 Å². The lowest BCUT2D eigenvalue weighted by molar-refractivity contribution is -0.137. The van der Waals surface area contributed by atoms with Crippen molar-refractivity contribution in [3.05, 3.63) is 23.8 Å². The zero-order chi connectivity index (χ0) is 12.9. The lowest BCUT2D eigenvalue weighted by Gasteiger charge is -2.11. The topological polar surface area (TPSA) is 38.7 Å². The van der Waals surface area contributed by atoms with Crippen LogP contribution in [0.5, 0.6) is 11.5 Å². The molecule has 0 fully saturated rings. The number of benzene rings is 1. The second kappa shape index (κ2) is 5.77. The third-order valence-corrected chi connectivity index (χ3v) is 2.04. The molecule has 6 heteroatoms. The predicted octanol–water partition coefficient (Wildman–Crippen LogP) is 2.83. The first-order chi connectivity index (χ1) is 7.95. The number of hydrogen-bond acceptors (Lipinski definition) is 3. The number of phenols is 1. The molecule has 0 unspecified atom stereocenters. The van der Waals surface area contributed by atoms with Crippen LogP contribution in [0.2, 0.25) is 0 Å². The summed E-state index contributed by atoms with van der Waals surface area (Å²) in [7, 11) is 1.52. The van der Waals surface area contributed by atoms with Crippen LogP contribution >= 0.6 is 0 Å². The van der Waals surface area contributed by atoms with Gasteiger partial charge in [-0.15, -0.1) is 0 Å². The van der Waals surface area contributed by atoms with E-state index in [1.165, 1.54) is 7.11 Å². The monoisotopic (exact) mass is 250 g/mol. The minimum Gasteiger partial charge on any atom is -0.504 e. The van der Waals surface area contributed by atoms with Gasteiger partial charge in [-0.25, -0.2) is 0 Å². The van der Waals surface area contributed by atoms with Gasteiger partial charge in [-0.1, -0.05) is 0 Å². The standard InChI is InChI=1S/C11H13F3O3/c1-16-5-2-6-17-10-7-8(11(12,13)14)3-4-9(10)15/h3-4,7,15H,2,5-6H2,1H3. The summed E-state index contributed by atoms with van der Waals surface area (Å²) in [5.74, 6) is -0.480. The van der Waals surface area contributed by atoms with Gasteiger partial charge in [-0.2, -0.15) is 13.2 Å². The van der Waals surface area contributed by atoms with Crippen LogP contribution in [0, 0.1) is 0 Å². The molecule has 0 heterocycles. The van der Waals surface area contributed by atoms with Crippen LogP contribution < -0.4 is 4.74 Å². The molecule has 1 aromatic carbocycles. The summed E-state index contributed by atoms with van der Waals surface area (Å²) >= 11 is 0. The molecule has 0 spiro atoms. The Morgan fingerprint density at radius 1 is 1.24 bits per heavy atom. The van der Waals surface area contributed by atoms with E-state index < -0.39 is 11.7 Å². The van der Waals surface area contributed by atoms with Gasteiger partial charge in [0.25, 0.3) is 0 Å². The minimum atomic E-state index is -4.45. The van der Waals surface area contributed by atoms with Crippen molar-refractivity contribution in [1.82, 2.24) is 0 Å². The fraction of sp³-hybridized carbons (Fsp3) is 0.455. The molecule has 17 heavy (non-hydrogen) atoms. The van der Waals surface area contributed by atoms with E-state index in [0.717, 1.165) is 18.2 Å². The molecular weight excluding hydrogens is 237 g/mol. The zero-order valence-corrected chi connectivity index (χ0v) is 9.25. The summed E-state index contributed by atoms with van der Waals surface area (Å²) < 4.78 is 47.0. The number of alkyl halides is 3. The highest BCUT2D eigenvalue weighted by atomic mass is 19.4. The Bertz CT molecular complexity index is 363. The Morgan fingerprint density at radius 2 is 1.94 bits per heavy atom. The molecule has 96 valence electrons. The lowest BCUT2D eigenvalue weighted by atomic mass is 10.2. The second-order valence-corrected chi connectivity index (χ2v) is 3.38. The molecule has 0 aliphatic carbocycles. The van der Waals surface area contributed by atoms with Gasteiger partial charge < -0.3 is 14.6 Å². The largest absolute Gasteiger partial charge is 0.504 e. The molecule has 3 nitrogen and oxygen atoms in total. The van der Waals surface area contributed by atoms with Crippen molar-refractivity contribution in [3.8, 4) is 11.5 Å². The fourth-order valence-electron chi connectivity index (χ4n) is 1.19. The fourth-order valence-corrected chi connectivity index (χ4v) is 1.19. The first-order valence-electron chi connectivity index (χ1n) is 4.97. The van der Waals surface area contributed by atoms with E-state index in [-0.39, 0.29) is 18.1 Å². The number of methoxy groups -OCH3 is 1. The number of halogens is 3. The molecule has 0 saturated heterocycles. The molecule has 0 aliphatic rings. The number of aromatic hydroxyl groups is 1. The summed E-state index contributed by atoms with van der Waals surface area (Å²) in [6.07, 6.45) is -3.91. The van der Waals surface area contributed by atoms with Crippen LogP contribution in [0.4, 0.5) is 13.2 Å². The van der Waals surface area contributed by atoms with Crippen molar-refractivity contribution in [2.24, 2.45) is 0 Å². The van der Waals surface area contributed by atoms with Gasteiger partial charge in [0.05, 0.1) is 12.2 Å². The van der Waals surface area contributed by atoms with Crippen molar-refractivity contribution < 1.29 is 27.8 Å². The maximum Gasteiger partial charge on any atom is 0.416 e. The Labute approximate surface area is 96.8 Å². The SMILES string of the molecule is COCCCOc1cc(C(F)(F)F)ccc1O. The molecule has 0 radical (unpaired) electrons. The van der Waals surface area contributed by atoms with Crippen LogP contribution in [0.25, 0.3) is 0 Å². The maximum atomic E-state index is 12.4. The van der Waals surface area contributed by atoms with Crippen LogP contribution in [0.1, 0.15) is 12.0 Å². The van der Waals surface area contributed by atoms with Crippen LogP contribution in [0.3, 0.4) is 0 Å². The van der Waals surface area contributed by atoms with E-state index in [4.69, 9.17) is 9.47 Å². The van der Waals surface area contributed by atoms with Crippen LogP contribution in [-0.4, -0.2) is 25.4 Å². The smallest absolute Gasteiger partial charge is 0.416 e. The van der Waals surface area contributed by atoms with Crippen molar-refractivity contribution in [1.29, 1.82) is 0 Å². The highest BCUT2D eigenvalue weighted by Crippen LogP contribution is 2.35. The van der Waals surface area contributed by atoms with E-state index in [2.05, 4.69) is 0 Å². The van der Waals surface area contributed by atoms with Gasteiger partial charge in [0, 0.05) is 20.1 Å². The average molecular weight is 250 g/mol. The molecular formula is C11H13F3O3. The molecule has 0 aromatic heterocycles. The lowest BCUT2D eigenvalue weighted by Crippen LogP contribution is -2.06. The third-order valence-electron chi connectivity index (χ3n) is 2.04. The molecule has 1 rings (SSSR count). The quantitative estimate of drug-likeness (QED) is 0.817. The van der Waals surface area contributed by atoms with Gasteiger partial charge >= 0.3 is 6.18 Å². The van der Waals surface area contributed by atoms with Gasteiger partial charge in [0.15, 0.2) is 11.5 Å². The Kier molecular flexibility index (Phi) is 4.62. The first-order valence-corrected chi connectivity index (χ1v) is 4.97. The summed E-state index contributed by atoms with van der Waals surface area (Å²) in [5, 5.41) is 9.33. The highest BCUT2D eigenvalue weighted by molar-refractivity contribution is 5.42. The van der Waals surface area contributed by atoms with Crippen molar-refractivity contribution >= 4 is 0 Å². The Balaban J connectivity index is 2.70. The van der Waals surface area contributed by atoms with Gasteiger partial charge in [-0.3, -0.25) is 0 Å². The zero-order valence-electron chi connectivity index (χ0n) is 9.25. The third kappa shape index (κ3) is 4.14. The molecule has 1 aromatic rings. The number of phenolic OH excluding ortho intramolecular Hbond substituents is 1. The van der Waals surface area contributed by atoms with Crippen molar-refractivity contribution in [2.45, 2.75) is 12.6 Å². The Morgan fingerprint density at radius 3 is 2.53 bits per heavy atom. The number of rotatable bonds is 5. The molecule has 0 amide bonds. The molecule has 0 saturated carbocycles. The van der Waals surface area contributed by atoms with Crippen molar-refractivity contribution in [3.63, 3.8) is 0 Å². The van der Waals surface area contributed by atoms with Gasteiger partial charge in [0.1, 0.15) is 0 Å². The summed E-state index contributed by atoms with van der Waals surface area (Å²) in [5.41, 5.74) is -0.850. The highest BCUT2D eigenvalue weighted by Gasteiger charge is 2.31. The van der Waals surface area contributed by atoms with E-state index >= 15 is 0 Å². The summed E-state index contributed by atoms with van der Waals surface area (Å²) in [6, 6.07) is 2.55. The van der Waals surface area contributed by atoms with E-state index in [1.807, 2.05) is 0 Å². The molecule has 0 bridgehead atoms. The van der Waals surface area contributed by atoms with Crippen molar-refractivity contribution in [2.75, 3.05) is 20.3 Å². The van der Waals surface area contributed by atoms with Crippen LogP contribution in [0.15, 0.2) is 18.2 Å². The normalized spacial score (nSPS) is 11.5. The van der Waals surface area contributed by atoms with Gasteiger partial charge in [0.2, 0.25) is 0 Å². The first kappa shape index (κ1) is 13.6. The maximum absolute atomic E-state index is 12.4. The van der Waals surface area contributed by atoms with E-state index in [0.29, 0.717) is 13.0 Å². The molecule has 0 atom stereocenters.